The van der Waals surface area contributed by atoms with E-state index in [0.717, 1.165) is 6.42 Å². The Morgan fingerprint density at radius 2 is 2.23 bits per heavy atom. The minimum atomic E-state index is -0.507. The van der Waals surface area contributed by atoms with Crippen LogP contribution in [-0.4, -0.2) is 34.3 Å². The zero-order valence-electron chi connectivity index (χ0n) is 13.2. The van der Waals surface area contributed by atoms with Gasteiger partial charge in [0.05, 0.1) is 0 Å². The molecule has 0 bridgehead atoms. The molecule has 0 saturated carbocycles. The van der Waals surface area contributed by atoms with Gasteiger partial charge >= 0.3 is 6.09 Å². The number of carbonyl (C=O) groups is 1. The second-order valence-corrected chi connectivity index (χ2v) is 6.57. The minimum Gasteiger partial charge on any atom is -0.444 e. The van der Waals surface area contributed by atoms with Crippen molar-refractivity contribution in [2.45, 2.75) is 39.3 Å². The number of amides is 1. The van der Waals surface area contributed by atoms with E-state index in [1.807, 2.05) is 26.8 Å². The lowest BCUT2D eigenvalue weighted by Gasteiger charge is -2.24. The number of nitrogens with zero attached hydrogens (tertiary/aromatic N) is 3. The average molecular weight is 303 g/mol. The summed E-state index contributed by atoms with van der Waals surface area (Å²) in [7, 11) is 0. The molecule has 6 nitrogen and oxygen atoms in total. The van der Waals surface area contributed by atoms with Gasteiger partial charge in [0, 0.05) is 25.8 Å². The molecule has 0 N–H and O–H groups in total. The SMILES string of the molecule is CC(C)(C)OC(=O)N1CCC(Cn2cccc(C#N)c2=O)C1. The summed E-state index contributed by atoms with van der Waals surface area (Å²) in [5, 5.41) is 8.89. The molecule has 1 aliphatic rings. The summed E-state index contributed by atoms with van der Waals surface area (Å²) in [5.74, 6) is 0.194. The predicted molar refractivity (Wildman–Crippen MR) is 81.3 cm³/mol. The lowest BCUT2D eigenvalue weighted by Crippen LogP contribution is -2.35. The Bertz CT molecular complexity index is 652. The van der Waals surface area contributed by atoms with E-state index in [1.54, 1.807) is 21.7 Å². The topological polar surface area (TPSA) is 75.3 Å². The Labute approximate surface area is 129 Å². The Morgan fingerprint density at radius 3 is 2.86 bits per heavy atom. The molecule has 2 rings (SSSR count). The van der Waals surface area contributed by atoms with Gasteiger partial charge in [-0.3, -0.25) is 4.79 Å². The van der Waals surface area contributed by atoms with Gasteiger partial charge in [0.25, 0.3) is 5.56 Å². The number of carbonyl (C=O) groups excluding carboxylic acids is 1. The zero-order valence-corrected chi connectivity index (χ0v) is 13.2. The van der Waals surface area contributed by atoms with E-state index in [2.05, 4.69) is 0 Å². The fourth-order valence-corrected chi connectivity index (χ4v) is 2.52. The van der Waals surface area contributed by atoms with Crippen LogP contribution in [0.15, 0.2) is 23.1 Å². The van der Waals surface area contributed by atoms with E-state index in [-0.39, 0.29) is 23.1 Å². The monoisotopic (exact) mass is 303 g/mol. The quantitative estimate of drug-likeness (QED) is 0.837. The Balaban J connectivity index is 1.99. The van der Waals surface area contributed by atoms with Crippen molar-refractivity contribution in [2.75, 3.05) is 13.1 Å². The molecule has 1 fully saturated rings. The molecular weight excluding hydrogens is 282 g/mol. The van der Waals surface area contributed by atoms with Crippen LogP contribution in [0.25, 0.3) is 0 Å². The van der Waals surface area contributed by atoms with Crippen molar-refractivity contribution in [3.63, 3.8) is 0 Å². The normalized spacial score (nSPS) is 18.1. The summed E-state index contributed by atoms with van der Waals surface area (Å²) < 4.78 is 6.90. The van der Waals surface area contributed by atoms with E-state index in [0.29, 0.717) is 19.6 Å². The van der Waals surface area contributed by atoms with Gasteiger partial charge in [-0.25, -0.2) is 4.79 Å². The highest BCUT2D eigenvalue weighted by molar-refractivity contribution is 5.68. The molecule has 1 aliphatic heterocycles. The third kappa shape index (κ3) is 3.88. The molecule has 2 heterocycles. The molecule has 6 heteroatoms. The molecule has 0 radical (unpaired) electrons. The van der Waals surface area contributed by atoms with Crippen molar-refractivity contribution < 1.29 is 9.53 Å². The lowest BCUT2D eigenvalue weighted by atomic mass is 10.1. The number of nitriles is 1. The van der Waals surface area contributed by atoms with Gasteiger partial charge in [-0.05, 0) is 45.2 Å². The van der Waals surface area contributed by atoms with Gasteiger partial charge in [0.2, 0.25) is 0 Å². The first-order chi connectivity index (χ1) is 10.3. The number of rotatable bonds is 2. The number of ether oxygens (including phenoxy) is 1. The summed E-state index contributed by atoms with van der Waals surface area (Å²) >= 11 is 0. The largest absolute Gasteiger partial charge is 0.444 e. The fourth-order valence-electron chi connectivity index (χ4n) is 2.52. The zero-order chi connectivity index (χ0) is 16.3. The fraction of sp³-hybridized carbons (Fsp3) is 0.562. The second-order valence-electron chi connectivity index (χ2n) is 6.57. The molecule has 118 valence electrons. The number of likely N-dealkylation sites (tertiary alicyclic amines) is 1. The number of hydrogen-bond donors (Lipinski definition) is 0. The highest BCUT2D eigenvalue weighted by atomic mass is 16.6. The smallest absolute Gasteiger partial charge is 0.410 e. The molecule has 1 saturated heterocycles. The number of pyridine rings is 1. The molecule has 0 aliphatic carbocycles. The summed E-state index contributed by atoms with van der Waals surface area (Å²) in [6.45, 7) is 7.22. The molecule has 0 aromatic carbocycles. The van der Waals surface area contributed by atoms with Gasteiger partial charge in [-0.1, -0.05) is 0 Å². The van der Waals surface area contributed by atoms with Gasteiger partial charge in [-0.15, -0.1) is 0 Å². The Kier molecular flexibility index (Phi) is 4.55. The van der Waals surface area contributed by atoms with E-state index < -0.39 is 5.60 Å². The third-order valence-corrected chi connectivity index (χ3v) is 3.53. The van der Waals surface area contributed by atoms with Crippen LogP contribution >= 0.6 is 0 Å². The van der Waals surface area contributed by atoms with Gasteiger partial charge in [0.15, 0.2) is 0 Å². The molecule has 1 aromatic heterocycles. The molecular formula is C16H21N3O3. The van der Waals surface area contributed by atoms with Gasteiger partial charge < -0.3 is 14.2 Å². The standard InChI is InChI=1S/C16H21N3O3/c1-16(2,3)22-15(21)19-8-6-12(11-19)10-18-7-4-5-13(9-17)14(18)20/h4-5,7,12H,6,8,10-11H2,1-3H3. The van der Waals surface area contributed by atoms with Crippen molar-refractivity contribution in [3.05, 3.63) is 34.2 Å². The van der Waals surface area contributed by atoms with Crippen LogP contribution in [0.5, 0.6) is 0 Å². The average Bonchev–Trinajstić information content (AvgIpc) is 2.88. The van der Waals surface area contributed by atoms with E-state index in [9.17, 15) is 9.59 Å². The van der Waals surface area contributed by atoms with E-state index >= 15 is 0 Å². The van der Waals surface area contributed by atoms with E-state index in [4.69, 9.17) is 10.00 Å². The molecule has 1 atom stereocenters. The lowest BCUT2D eigenvalue weighted by molar-refractivity contribution is 0.0287. The van der Waals surface area contributed by atoms with Crippen LogP contribution in [0.1, 0.15) is 32.8 Å². The van der Waals surface area contributed by atoms with Crippen molar-refractivity contribution in [3.8, 4) is 6.07 Å². The summed E-state index contributed by atoms with van der Waals surface area (Å²) in [5.41, 5.74) is -0.641. The Morgan fingerprint density at radius 1 is 1.50 bits per heavy atom. The summed E-state index contributed by atoms with van der Waals surface area (Å²) in [6, 6.07) is 5.10. The third-order valence-electron chi connectivity index (χ3n) is 3.53. The minimum absolute atomic E-state index is 0.143. The molecule has 22 heavy (non-hydrogen) atoms. The van der Waals surface area contributed by atoms with E-state index in [1.165, 1.54) is 6.07 Å². The highest BCUT2D eigenvalue weighted by Gasteiger charge is 2.30. The first-order valence-electron chi connectivity index (χ1n) is 7.37. The van der Waals surface area contributed by atoms with Gasteiger partial charge in [-0.2, -0.15) is 5.26 Å². The summed E-state index contributed by atoms with van der Waals surface area (Å²) in [6.07, 6.45) is 2.19. The second kappa shape index (κ2) is 6.22. The number of hydrogen-bond acceptors (Lipinski definition) is 4. The first kappa shape index (κ1) is 16.1. The molecule has 1 aromatic rings. The van der Waals surface area contributed by atoms with Crippen molar-refractivity contribution in [1.29, 1.82) is 5.26 Å². The van der Waals surface area contributed by atoms with Crippen molar-refractivity contribution in [1.82, 2.24) is 9.47 Å². The van der Waals surface area contributed by atoms with Gasteiger partial charge in [0.1, 0.15) is 17.2 Å². The maximum Gasteiger partial charge on any atom is 0.410 e. The maximum atomic E-state index is 12.0. The van der Waals surface area contributed by atoms with Crippen molar-refractivity contribution >= 4 is 6.09 Å². The van der Waals surface area contributed by atoms with Crippen LogP contribution < -0.4 is 5.56 Å². The predicted octanol–water partition coefficient (Wildman–Crippen LogP) is 1.98. The molecule has 1 unspecified atom stereocenters. The van der Waals surface area contributed by atoms with Crippen LogP contribution in [0.4, 0.5) is 4.79 Å². The summed E-state index contributed by atoms with van der Waals surface area (Å²) in [4.78, 5) is 25.7. The molecule has 0 spiro atoms. The Hall–Kier alpha value is -2.29. The van der Waals surface area contributed by atoms with Crippen LogP contribution in [0.3, 0.4) is 0 Å². The van der Waals surface area contributed by atoms with Crippen LogP contribution in [-0.2, 0) is 11.3 Å². The van der Waals surface area contributed by atoms with Crippen molar-refractivity contribution in [2.24, 2.45) is 5.92 Å². The van der Waals surface area contributed by atoms with Crippen LogP contribution in [0.2, 0.25) is 0 Å². The first-order valence-corrected chi connectivity index (χ1v) is 7.37. The van der Waals surface area contributed by atoms with Crippen LogP contribution in [0, 0.1) is 17.2 Å². The highest BCUT2D eigenvalue weighted by Crippen LogP contribution is 2.20. The number of aromatic nitrogens is 1. The maximum absolute atomic E-state index is 12.0. The molecule has 1 amide bonds.